The highest BCUT2D eigenvalue weighted by Gasteiger charge is 2.31. The van der Waals surface area contributed by atoms with Crippen LogP contribution in [-0.4, -0.2) is 6.04 Å². The Kier molecular flexibility index (Phi) is 4.54. The summed E-state index contributed by atoms with van der Waals surface area (Å²) in [4.78, 5) is 0. The normalized spacial score (nSPS) is 24.2. The number of hydrogen-bond donors (Lipinski definition) is 1. The van der Waals surface area contributed by atoms with Crippen LogP contribution in [0.25, 0.3) is 0 Å². The lowest BCUT2D eigenvalue weighted by molar-refractivity contribution is 0.147. The molecule has 0 amide bonds. The van der Waals surface area contributed by atoms with Gasteiger partial charge in [0.15, 0.2) is 0 Å². The fourth-order valence-corrected chi connectivity index (χ4v) is 3.28. The molecule has 19 heavy (non-hydrogen) atoms. The van der Waals surface area contributed by atoms with Gasteiger partial charge in [0.25, 0.3) is 0 Å². The summed E-state index contributed by atoms with van der Waals surface area (Å²) >= 11 is 0. The van der Waals surface area contributed by atoms with Crippen LogP contribution < -0.4 is 5.32 Å². The molecule has 0 spiro atoms. The van der Waals surface area contributed by atoms with Crippen LogP contribution in [-0.2, 0) is 0 Å². The Labute approximate surface area is 118 Å². The second-order valence-electron chi connectivity index (χ2n) is 6.90. The first-order valence-corrected chi connectivity index (χ1v) is 7.84. The summed E-state index contributed by atoms with van der Waals surface area (Å²) < 4.78 is 0. The smallest absolute Gasteiger partial charge is 0.0344 e. The first-order valence-electron chi connectivity index (χ1n) is 7.84. The van der Waals surface area contributed by atoms with E-state index in [1.54, 1.807) is 0 Å². The lowest BCUT2D eigenvalue weighted by Crippen LogP contribution is -2.32. The van der Waals surface area contributed by atoms with Gasteiger partial charge in [0, 0.05) is 11.7 Å². The minimum Gasteiger partial charge on any atom is -0.382 e. The average Bonchev–Trinajstić information content (AvgIpc) is 2.39. The third-order valence-corrected chi connectivity index (χ3v) is 5.13. The molecule has 2 rings (SSSR count). The van der Waals surface area contributed by atoms with Crippen LogP contribution in [0.4, 0.5) is 5.69 Å². The van der Waals surface area contributed by atoms with Gasteiger partial charge in [0.2, 0.25) is 0 Å². The van der Waals surface area contributed by atoms with E-state index >= 15 is 0 Å². The summed E-state index contributed by atoms with van der Waals surface area (Å²) in [6.07, 6.45) is 6.70. The highest BCUT2D eigenvalue weighted by atomic mass is 14.9. The van der Waals surface area contributed by atoms with E-state index in [0.717, 1.165) is 5.92 Å². The number of benzene rings is 1. The Bertz CT molecular complexity index is 400. The fraction of sp³-hybridized carbons (Fsp3) is 0.667. The molecule has 1 N–H and O–H groups in total. The molecule has 1 saturated carbocycles. The van der Waals surface area contributed by atoms with Gasteiger partial charge in [-0.1, -0.05) is 39.3 Å². The molecular formula is C18H29N. The van der Waals surface area contributed by atoms with Crippen LogP contribution in [0.15, 0.2) is 24.3 Å². The van der Waals surface area contributed by atoms with Gasteiger partial charge in [-0.2, -0.15) is 0 Å². The minimum absolute atomic E-state index is 0.522. The van der Waals surface area contributed by atoms with Gasteiger partial charge >= 0.3 is 0 Å². The standard InChI is InChI=1S/C18H29N/c1-5-18(3,4)15-9-11-16(12-10-15)19-17-8-6-7-14(2)13-17/h6-8,13,15-16,19H,5,9-12H2,1-4H3. The molecule has 1 fully saturated rings. The molecule has 0 heterocycles. The van der Waals surface area contributed by atoms with Crippen molar-refractivity contribution in [3.63, 3.8) is 0 Å². The molecule has 0 unspecified atom stereocenters. The highest BCUT2D eigenvalue weighted by Crippen LogP contribution is 2.40. The third kappa shape index (κ3) is 3.75. The molecule has 1 heteroatoms. The van der Waals surface area contributed by atoms with Gasteiger partial charge in [0.1, 0.15) is 0 Å². The van der Waals surface area contributed by atoms with Gasteiger partial charge in [-0.25, -0.2) is 0 Å². The summed E-state index contributed by atoms with van der Waals surface area (Å²) in [7, 11) is 0. The van der Waals surface area contributed by atoms with Crippen molar-refractivity contribution in [2.75, 3.05) is 5.32 Å². The van der Waals surface area contributed by atoms with Gasteiger partial charge in [-0.15, -0.1) is 0 Å². The summed E-state index contributed by atoms with van der Waals surface area (Å²) in [5.41, 5.74) is 3.15. The van der Waals surface area contributed by atoms with E-state index in [2.05, 4.69) is 57.3 Å². The molecule has 1 aromatic carbocycles. The second-order valence-corrected chi connectivity index (χ2v) is 6.90. The molecule has 1 aliphatic rings. The van der Waals surface area contributed by atoms with E-state index in [9.17, 15) is 0 Å². The summed E-state index contributed by atoms with van der Waals surface area (Å²) in [5.74, 6) is 0.910. The summed E-state index contributed by atoms with van der Waals surface area (Å²) in [5, 5.41) is 3.71. The van der Waals surface area contributed by atoms with Gasteiger partial charge in [-0.05, 0) is 61.6 Å². The number of nitrogens with one attached hydrogen (secondary N) is 1. The molecular weight excluding hydrogens is 230 g/mol. The quantitative estimate of drug-likeness (QED) is 0.763. The van der Waals surface area contributed by atoms with E-state index in [4.69, 9.17) is 0 Å². The van der Waals surface area contributed by atoms with Crippen molar-refractivity contribution in [1.29, 1.82) is 0 Å². The largest absolute Gasteiger partial charge is 0.382 e. The van der Waals surface area contributed by atoms with Crippen LogP contribution in [0.3, 0.4) is 0 Å². The second kappa shape index (κ2) is 5.98. The maximum absolute atomic E-state index is 3.71. The average molecular weight is 259 g/mol. The van der Waals surface area contributed by atoms with Crippen molar-refractivity contribution in [1.82, 2.24) is 0 Å². The molecule has 0 aromatic heterocycles. The first kappa shape index (κ1) is 14.4. The van der Waals surface area contributed by atoms with Crippen LogP contribution in [0, 0.1) is 18.3 Å². The zero-order valence-corrected chi connectivity index (χ0v) is 13.0. The maximum atomic E-state index is 3.71. The molecule has 1 nitrogen and oxygen atoms in total. The van der Waals surface area contributed by atoms with E-state index in [-0.39, 0.29) is 0 Å². The van der Waals surface area contributed by atoms with Gasteiger partial charge < -0.3 is 5.32 Å². The summed E-state index contributed by atoms with van der Waals surface area (Å²) in [6, 6.07) is 9.41. The fourth-order valence-electron chi connectivity index (χ4n) is 3.28. The number of rotatable bonds is 4. The van der Waals surface area contributed by atoms with Crippen molar-refractivity contribution < 1.29 is 0 Å². The van der Waals surface area contributed by atoms with Crippen LogP contribution in [0.5, 0.6) is 0 Å². The molecule has 0 aliphatic heterocycles. The number of anilines is 1. The third-order valence-electron chi connectivity index (χ3n) is 5.13. The van der Waals surface area contributed by atoms with Crippen molar-refractivity contribution in [2.24, 2.45) is 11.3 Å². The Balaban J connectivity index is 1.87. The summed E-state index contributed by atoms with van der Waals surface area (Å²) in [6.45, 7) is 9.36. The van der Waals surface area contributed by atoms with E-state index in [1.165, 1.54) is 43.4 Å². The Morgan fingerprint density at radius 3 is 2.42 bits per heavy atom. The lowest BCUT2D eigenvalue weighted by atomic mass is 9.69. The maximum Gasteiger partial charge on any atom is 0.0344 e. The molecule has 0 radical (unpaired) electrons. The van der Waals surface area contributed by atoms with E-state index in [1.807, 2.05) is 0 Å². The molecule has 0 saturated heterocycles. The molecule has 1 aliphatic carbocycles. The number of aryl methyl sites for hydroxylation is 1. The predicted octanol–water partition coefficient (Wildman–Crippen LogP) is 5.40. The Hall–Kier alpha value is -0.980. The topological polar surface area (TPSA) is 12.0 Å². The monoisotopic (exact) mass is 259 g/mol. The predicted molar refractivity (Wildman–Crippen MR) is 84.6 cm³/mol. The first-order chi connectivity index (χ1) is 9.01. The lowest BCUT2D eigenvalue weighted by Gasteiger charge is -2.39. The SMILES string of the molecule is CCC(C)(C)C1CCC(Nc2cccc(C)c2)CC1. The van der Waals surface area contributed by atoms with Gasteiger partial charge in [-0.3, -0.25) is 0 Å². The van der Waals surface area contributed by atoms with Crippen molar-refractivity contribution in [2.45, 2.75) is 65.8 Å². The molecule has 0 atom stereocenters. The van der Waals surface area contributed by atoms with Crippen LogP contribution in [0.2, 0.25) is 0 Å². The Morgan fingerprint density at radius 1 is 1.16 bits per heavy atom. The minimum atomic E-state index is 0.522. The zero-order chi connectivity index (χ0) is 13.9. The number of hydrogen-bond acceptors (Lipinski definition) is 1. The molecule has 1 aromatic rings. The Morgan fingerprint density at radius 2 is 1.84 bits per heavy atom. The molecule has 0 bridgehead atoms. The van der Waals surface area contributed by atoms with Crippen molar-refractivity contribution in [3.8, 4) is 0 Å². The van der Waals surface area contributed by atoms with E-state index < -0.39 is 0 Å². The van der Waals surface area contributed by atoms with Crippen LogP contribution in [0.1, 0.15) is 58.4 Å². The van der Waals surface area contributed by atoms with Crippen molar-refractivity contribution >= 4 is 5.69 Å². The highest BCUT2D eigenvalue weighted by molar-refractivity contribution is 5.46. The molecule has 106 valence electrons. The van der Waals surface area contributed by atoms with E-state index in [0.29, 0.717) is 11.5 Å². The van der Waals surface area contributed by atoms with Gasteiger partial charge in [0.05, 0.1) is 0 Å². The zero-order valence-electron chi connectivity index (χ0n) is 13.0. The van der Waals surface area contributed by atoms with Crippen LogP contribution >= 0.6 is 0 Å². The van der Waals surface area contributed by atoms with Crippen molar-refractivity contribution in [3.05, 3.63) is 29.8 Å².